The Balaban J connectivity index is 2.42. The fourth-order valence-corrected chi connectivity index (χ4v) is 2.71. The Kier molecular flexibility index (Phi) is 3.84. The smallest absolute Gasteiger partial charge is 0.330 e. The number of hydrogen-bond acceptors (Lipinski definition) is 5. The van der Waals surface area contributed by atoms with Crippen molar-refractivity contribution in [2.24, 2.45) is 0 Å². The van der Waals surface area contributed by atoms with E-state index in [2.05, 4.69) is 0 Å². The summed E-state index contributed by atoms with van der Waals surface area (Å²) in [4.78, 5) is 24.2. The highest BCUT2D eigenvalue weighted by Gasteiger charge is 2.43. The molecule has 1 aliphatic heterocycles. The summed E-state index contributed by atoms with van der Waals surface area (Å²) in [5, 5.41) is 18.7. The number of hydrogen-bond donors (Lipinski definition) is 3. The molecule has 2 rings (SSSR count). The second kappa shape index (κ2) is 5.07. The summed E-state index contributed by atoms with van der Waals surface area (Å²) in [6.45, 7) is -0.419. The average molecular weight is 372 g/mol. The Bertz CT molecular complexity index is 559. The zero-order valence-electron chi connectivity index (χ0n) is 8.92. The fraction of sp³-hybridized carbons (Fsp3) is 0.556. The number of aliphatic hydroxyl groups excluding tert-OH is 2. The normalized spacial score (nSPS) is 31.8. The van der Waals surface area contributed by atoms with Crippen molar-refractivity contribution in [3.05, 3.63) is 32.9 Å². The Morgan fingerprint density at radius 1 is 1.56 bits per heavy atom. The Morgan fingerprint density at radius 3 is 2.78 bits per heavy atom. The molecule has 0 bridgehead atoms. The van der Waals surface area contributed by atoms with E-state index in [-0.39, 0.29) is 0 Å². The zero-order chi connectivity index (χ0) is 13.4. The molecule has 2 heterocycles. The predicted octanol–water partition coefficient (Wildman–Crippen LogP) is -1.27. The van der Waals surface area contributed by atoms with Gasteiger partial charge in [0.2, 0.25) is 5.82 Å². The highest BCUT2D eigenvalue weighted by atomic mass is 127. The van der Waals surface area contributed by atoms with Crippen LogP contribution >= 0.6 is 22.6 Å². The molecule has 1 aliphatic rings. The van der Waals surface area contributed by atoms with Crippen LogP contribution in [0.4, 0.5) is 4.39 Å². The topological polar surface area (TPSA) is 105 Å². The maximum absolute atomic E-state index is 13.1. The molecule has 4 atom stereocenters. The van der Waals surface area contributed by atoms with E-state index in [0.717, 1.165) is 10.8 Å². The minimum Gasteiger partial charge on any atom is -0.394 e. The van der Waals surface area contributed by atoms with Gasteiger partial charge in [-0.05, 0) is 0 Å². The molecule has 1 fully saturated rings. The van der Waals surface area contributed by atoms with Gasteiger partial charge >= 0.3 is 5.69 Å². The molecule has 2 unspecified atom stereocenters. The van der Waals surface area contributed by atoms with Crippen molar-refractivity contribution in [2.45, 2.75) is 22.4 Å². The lowest BCUT2D eigenvalue weighted by Crippen LogP contribution is -2.36. The second-order valence-corrected chi connectivity index (χ2v) is 5.26. The molecular formula is C9H10FIN2O5. The number of rotatable bonds is 2. The third-order valence-corrected chi connectivity index (χ3v) is 4.02. The van der Waals surface area contributed by atoms with Crippen LogP contribution in [-0.2, 0) is 4.74 Å². The van der Waals surface area contributed by atoms with Crippen molar-refractivity contribution in [1.29, 1.82) is 0 Å². The Hall–Kier alpha value is -0.780. The lowest BCUT2D eigenvalue weighted by molar-refractivity contribution is -0.0458. The van der Waals surface area contributed by atoms with E-state index >= 15 is 0 Å². The van der Waals surface area contributed by atoms with Gasteiger partial charge in [-0.3, -0.25) is 14.3 Å². The van der Waals surface area contributed by atoms with Gasteiger partial charge in [-0.25, -0.2) is 4.79 Å². The number of halogens is 2. The van der Waals surface area contributed by atoms with Crippen molar-refractivity contribution < 1.29 is 19.3 Å². The molecule has 0 amide bonds. The minimum atomic E-state index is -1.12. The zero-order valence-corrected chi connectivity index (χ0v) is 11.1. The van der Waals surface area contributed by atoms with E-state index in [1.165, 1.54) is 0 Å². The van der Waals surface area contributed by atoms with Crippen LogP contribution in [-0.4, -0.2) is 42.5 Å². The van der Waals surface area contributed by atoms with Gasteiger partial charge in [-0.2, -0.15) is 4.39 Å². The third-order valence-electron chi connectivity index (χ3n) is 2.67. The first-order valence-electron chi connectivity index (χ1n) is 5.05. The van der Waals surface area contributed by atoms with Crippen LogP contribution in [0.5, 0.6) is 0 Å². The summed E-state index contributed by atoms with van der Waals surface area (Å²) in [5.74, 6) is -1.12. The molecule has 0 aliphatic carbocycles. The van der Waals surface area contributed by atoms with Crippen molar-refractivity contribution in [3.63, 3.8) is 0 Å². The number of nitrogens with zero attached hydrogens (tertiary/aromatic N) is 1. The molecule has 7 nitrogen and oxygen atoms in total. The van der Waals surface area contributed by atoms with E-state index in [4.69, 9.17) is 9.84 Å². The van der Waals surface area contributed by atoms with Crippen LogP contribution in [0.25, 0.3) is 0 Å². The van der Waals surface area contributed by atoms with Crippen LogP contribution in [0.1, 0.15) is 6.23 Å². The maximum atomic E-state index is 13.1. The molecule has 1 aromatic rings. The molecule has 1 aromatic heterocycles. The standard InChI is InChI=1S/C9H10FIN2O5/c10-3-1-13(9(17)12-7(3)16)8-5(11)6(15)4(2-14)18-8/h1,4-6,8,14-15H,2H2,(H,12,16,17)/t4-,5?,6?,8-/m0/s1. The molecule has 18 heavy (non-hydrogen) atoms. The van der Waals surface area contributed by atoms with E-state index in [1.54, 1.807) is 4.98 Å². The quantitative estimate of drug-likeness (QED) is 0.444. The van der Waals surface area contributed by atoms with E-state index in [1.807, 2.05) is 22.6 Å². The second-order valence-electron chi connectivity index (χ2n) is 3.83. The first kappa shape index (κ1) is 13.6. The molecule has 100 valence electrons. The number of aromatic amines is 1. The molecule has 9 heteroatoms. The van der Waals surface area contributed by atoms with E-state index in [9.17, 15) is 19.1 Å². The number of alkyl halides is 1. The predicted molar refractivity (Wildman–Crippen MR) is 66.1 cm³/mol. The van der Waals surface area contributed by atoms with Gasteiger partial charge in [-0.15, -0.1) is 0 Å². The van der Waals surface area contributed by atoms with Gasteiger partial charge in [0.25, 0.3) is 5.56 Å². The number of nitrogens with one attached hydrogen (secondary N) is 1. The average Bonchev–Trinajstić information content (AvgIpc) is 2.61. The number of aromatic nitrogens is 2. The number of ether oxygens (including phenoxy) is 1. The summed E-state index contributed by atoms with van der Waals surface area (Å²) >= 11 is 1.84. The molecule has 3 N–H and O–H groups in total. The van der Waals surface area contributed by atoms with Crippen molar-refractivity contribution >= 4 is 22.6 Å². The van der Waals surface area contributed by atoms with Crippen LogP contribution in [0.15, 0.2) is 15.8 Å². The lowest BCUT2D eigenvalue weighted by atomic mass is 10.2. The van der Waals surface area contributed by atoms with Gasteiger partial charge in [0.1, 0.15) is 6.10 Å². The van der Waals surface area contributed by atoms with Crippen LogP contribution < -0.4 is 11.2 Å². The molecule has 1 saturated heterocycles. The summed E-state index contributed by atoms with van der Waals surface area (Å²) < 4.78 is 18.7. The fourth-order valence-electron chi connectivity index (χ4n) is 1.73. The largest absolute Gasteiger partial charge is 0.394 e. The van der Waals surface area contributed by atoms with Crippen molar-refractivity contribution in [3.8, 4) is 0 Å². The first-order valence-corrected chi connectivity index (χ1v) is 6.29. The molecule has 0 spiro atoms. The van der Waals surface area contributed by atoms with Gasteiger partial charge < -0.3 is 14.9 Å². The summed E-state index contributed by atoms with van der Waals surface area (Å²) in [5.41, 5.74) is -1.95. The SMILES string of the molecule is O=c1[nH]c(=O)n([C@H]2O[C@@H](CO)C(O)C2I)cc1F. The lowest BCUT2D eigenvalue weighted by Gasteiger charge is -2.16. The van der Waals surface area contributed by atoms with E-state index in [0.29, 0.717) is 0 Å². The molecule has 0 aromatic carbocycles. The van der Waals surface area contributed by atoms with Gasteiger partial charge in [0, 0.05) is 0 Å². The van der Waals surface area contributed by atoms with E-state index < -0.39 is 46.0 Å². The monoisotopic (exact) mass is 372 g/mol. The maximum Gasteiger partial charge on any atom is 0.330 e. The summed E-state index contributed by atoms with van der Waals surface area (Å²) in [6, 6.07) is 0. The summed E-state index contributed by atoms with van der Waals surface area (Å²) in [7, 11) is 0. The van der Waals surface area contributed by atoms with Crippen LogP contribution in [0, 0.1) is 5.82 Å². The highest BCUT2D eigenvalue weighted by Crippen LogP contribution is 2.33. The third kappa shape index (κ3) is 2.22. The molecular weight excluding hydrogens is 362 g/mol. The summed E-state index contributed by atoms with van der Waals surface area (Å²) in [6.07, 6.45) is -2.05. The minimum absolute atomic E-state index is 0.419. The molecule has 0 radical (unpaired) electrons. The number of aliphatic hydroxyl groups is 2. The highest BCUT2D eigenvalue weighted by molar-refractivity contribution is 14.1. The Labute approximate surface area is 113 Å². The number of H-pyrrole nitrogens is 1. The van der Waals surface area contributed by atoms with Crippen molar-refractivity contribution in [2.75, 3.05) is 6.61 Å². The van der Waals surface area contributed by atoms with Crippen molar-refractivity contribution in [1.82, 2.24) is 9.55 Å². The van der Waals surface area contributed by atoms with Gasteiger partial charge in [0.05, 0.1) is 22.8 Å². The van der Waals surface area contributed by atoms with Crippen LogP contribution in [0.3, 0.4) is 0 Å². The molecule has 0 saturated carbocycles. The first-order chi connectivity index (χ1) is 8.45. The van der Waals surface area contributed by atoms with Gasteiger partial charge in [0.15, 0.2) is 6.23 Å². The van der Waals surface area contributed by atoms with Gasteiger partial charge in [-0.1, -0.05) is 22.6 Å². The Morgan fingerprint density at radius 2 is 2.22 bits per heavy atom. The van der Waals surface area contributed by atoms with Crippen LogP contribution in [0.2, 0.25) is 0 Å².